The molecule has 0 saturated carbocycles. The molecule has 1 heterocycles. The van der Waals surface area contributed by atoms with Crippen molar-refractivity contribution in [2.45, 2.75) is 64.5 Å². The maximum Gasteiger partial charge on any atom is 0.0507 e. The summed E-state index contributed by atoms with van der Waals surface area (Å²) in [4.78, 5) is 5.08. The lowest BCUT2D eigenvalue weighted by Gasteiger charge is -2.25. The van der Waals surface area contributed by atoms with Gasteiger partial charge in [0.1, 0.15) is 0 Å². The quantitative estimate of drug-likeness (QED) is 0.668. The van der Waals surface area contributed by atoms with E-state index in [2.05, 4.69) is 37.7 Å². The van der Waals surface area contributed by atoms with E-state index in [1.54, 1.807) is 0 Å². The molecule has 0 aromatic heterocycles. The maximum atomic E-state index is 2.54. The highest BCUT2D eigenvalue weighted by Crippen LogP contribution is 2.25. The number of rotatable bonds is 6. The van der Waals surface area contributed by atoms with E-state index in [9.17, 15) is 0 Å². The number of nitrogens with zero attached hydrogens (tertiary/aromatic N) is 2. The third-order valence-corrected chi connectivity index (χ3v) is 3.73. The second-order valence-electron chi connectivity index (χ2n) is 5.07. The van der Waals surface area contributed by atoms with E-state index >= 15 is 0 Å². The number of hydrogen-bond acceptors (Lipinski definition) is 2. The fourth-order valence-corrected chi connectivity index (χ4v) is 2.80. The Morgan fingerprint density at radius 1 is 0.867 bits per heavy atom. The Bertz CT molecular complexity index is 152. The Balaban J connectivity index is 2.46. The van der Waals surface area contributed by atoms with Gasteiger partial charge >= 0.3 is 0 Å². The van der Waals surface area contributed by atoms with Crippen molar-refractivity contribution in [2.75, 3.05) is 20.8 Å². The van der Waals surface area contributed by atoms with E-state index in [0.29, 0.717) is 0 Å². The molecule has 1 saturated heterocycles. The molecule has 2 nitrogen and oxygen atoms in total. The lowest BCUT2D eigenvalue weighted by atomic mass is 9.97. The van der Waals surface area contributed by atoms with Crippen LogP contribution in [0.1, 0.15) is 52.4 Å². The van der Waals surface area contributed by atoms with Gasteiger partial charge in [0.05, 0.1) is 6.67 Å². The van der Waals surface area contributed by atoms with Gasteiger partial charge in [-0.3, -0.25) is 9.80 Å². The molecule has 2 atom stereocenters. The Kier molecular flexibility index (Phi) is 5.62. The Labute approximate surface area is 95.6 Å². The highest BCUT2D eigenvalue weighted by molar-refractivity contribution is 4.89. The third kappa shape index (κ3) is 3.46. The molecule has 0 aromatic rings. The molecule has 1 rings (SSSR count). The van der Waals surface area contributed by atoms with Crippen molar-refractivity contribution in [1.29, 1.82) is 0 Å². The van der Waals surface area contributed by atoms with Crippen molar-refractivity contribution in [3.8, 4) is 0 Å². The zero-order chi connectivity index (χ0) is 11.3. The standard InChI is InChI=1S/C13H28N2/c1-5-7-9-12-13(10-8-6-2)15(4)11-14(12)3/h12-13H,5-11H2,1-4H3. The second kappa shape index (κ2) is 6.49. The van der Waals surface area contributed by atoms with E-state index in [0.717, 1.165) is 18.8 Å². The molecule has 0 amide bonds. The SMILES string of the molecule is CCCCC1C(CCCC)N(C)CN1C. The van der Waals surface area contributed by atoms with Crippen LogP contribution in [0.4, 0.5) is 0 Å². The van der Waals surface area contributed by atoms with Gasteiger partial charge in [0, 0.05) is 12.1 Å². The van der Waals surface area contributed by atoms with E-state index in [1.807, 2.05) is 0 Å². The van der Waals surface area contributed by atoms with E-state index in [1.165, 1.54) is 38.5 Å². The van der Waals surface area contributed by atoms with Crippen LogP contribution in [0.15, 0.2) is 0 Å². The van der Waals surface area contributed by atoms with Crippen LogP contribution in [0.5, 0.6) is 0 Å². The molecule has 2 unspecified atom stereocenters. The molecule has 0 aliphatic carbocycles. The molecule has 2 heteroatoms. The van der Waals surface area contributed by atoms with Gasteiger partial charge in [-0.15, -0.1) is 0 Å². The van der Waals surface area contributed by atoms with Gasteiger partial charge < -0.3 is 0 Å². The maximum absolute atomic E-state index is 2.54. The van der Waals surface area contributed by atoms with E-state index in [4.69, 9.17) is 0 Å². The van der Waals surface area contributed by atoms with Crippen molar-refractivity contribution < 1.29 is 0 Å². The Morgan fingerprint density at radius 3 is 1.60 bits per heavy atom. The summed E-state index contributed by atoms with van der Waals surface area (Å²) in [7, 11) is 4.56. The molecule has 1 aliphatic rings. The Hall–Kier alpha value is -0.0800. The van der Waals surface area contributed by atoms with Crippen molar-refractivity contribution in [3.63, 3.8) is 0 Å². The molecule has 0 N–H and O–H groups in total. The average Bonchev–Trinajstić information content (AvgIpc) is 2.47. The van der Waals surface area contributed by atoms with Crippen LogP contribution in [0.25, 0.3) is 0 Å². The summed E-state index contributed by atoms with van der Waals surface area (Å²) in [6.07, 6.45) is 8.18. The zero-order valence-corrected chi connectivity index (χ0v) is 11.0. The first-order valence-corrected chi connectivity index (χ1v) is 6.61. The smallest absolute Gasteiger partial charge is 0.0507 e. The summed E-state index contributed by atoms with van der Waals surface area (Å²) >= 11 is 0. The Morgan fingerprint density at radius 2 is 1.27 bits per heavy atom. The van der Waals surface area contributed by atoms with Gasteiger partial charge in [-0.2, -0.15) is 0 Å². The van der Waals surface area contributed by atoms with Crippen molar-refractivity contribution in [2.24, 2.45) is 0 Å². The highest BCUT2D eigenvalue weighted by atomic mass is 15.4. The van der Waals surface area contributed by atoms with Gasteiger partial charge in [-0.1, -0.05) is 39.5 Å². The zero-order valence-electron chi connectivity index (χ0n) is 11.0. The predicted octanol–water partition coefficient (Wildman–Crippen LogP) is 2.94. The van der Waals surface area contributed by atoms with Crippen LogP contribution in [0, 0.1) is 0 Å². The molecule has 90 valence electrons. The minimum atomic E-state index is 0.807. The third-order valence-electron chi connectivity index (χ3n) is 3.73. The number of hydrogen-bond donors (Lipinski definition) is 0. The molecule has 0 aromatic carbocycles. The van der Waals surface area contributed by atoms with Crippen LogP contribution in [0.2, 0.25) is 0 Å². The van der Waals surface area contributed by atoms with Gasteiger partial charge in [0.2, 0.25) is 0 Å². The van der Waals surface area contributed by atoms with Crippen LogP contribution in [-0.2, 0) is 0 Å². The van der Waals surface area contributed by atoms with Crippen LogP contribution in [-0.4, -0.2) is 42.6 Å². The molecule has 0 radical (unpaired) electrons. The fourth-order valence-electron chi connectivity index (χ4n) is 2.80. The monoisotopic (exact) mass is 212 g/mol. The molecule has 1 fully saturated rings. The second-order valence-corrected chi connectivity index (χ2v) is 5.07. The first kappa shape index (κ1) is 13.0. The molecule has 15 heavy (non-hydrogen) atoms. The predicted molar refractivity (Wildman–Crippen MR) is 67.0 cm³/mol. The van der Waals surface area contributed by atoms with Crippen LogP contribution in [0.3, 0.4) is 0 Å². The van der Waals surface area contributed by atoms with Crippen LogP contribution >= 0.6 is 0 Å². The summed E-state index contributed by atoms with van der Waals surface area (Å²) in [5.74, 6) is 0. The van der Waals surface area contributed by atoms with Crippen molar-refractivity contribution in [1.82, 2.24) is 9.80 Å². The van der Waals surface area contributed by atoms with Gasteiger partial charge in [-0.05, 0) is 26.9 Å². The summed E-state index contributed by atoms with van der Waals surface area (Å²) in [5, 5.41) is 0. The van der Waals surface area contributed by atoms with Gasteiger partial charge in [0.25, 0.3) is 0 Å². The minimum absolute atomic E-state index is 0.807. The minimum Gasteiger partial charge on any atom is -0.289 e. The fraction of sp³-hybridized carbons (Fsp3) is 1.00. The van der Waals surface area contributed by atoms with Crippen molar-refractivity contribution in [3.05, 3.63) is 0 Å². The first-order chi connectivity index (χ1) is 7.20. The molecule has 0 spiro atoms. The first-order valence-electron chi connectivity index (χ1n) is 6.61. The van der Waals surface area contributed by atoms with E-state index in [-0.39, 0.29) is 0 Å². The average molecular weight is 212 g/mol. The lowest BCUT2D eigenvalue weighted by Crippen LogP contribution is -2.35. The highest BCUT2D eigenvalue weighted by Gasteiger charge is 2.34. The molecule has 1 aliphatic heterocycles. The summed E-state index contributed by atoms with van der Waals surface area (Å²) < 4.78 is 0. The van der Waals surface area contributed by atoms with Gasteiger partial charge in [-0.25, -0.2) is 0 Å². The van der Waals surface area contributed by atoms with E-state index < -0.39 is 0 Å². The molecule has 0 bridgehead atoms. The van der Waals surface area contributed by atoms with Crippen LogP contribution < -0.4 is 0 Å². The summed E-state index contributed by atoms with van der Waals surface area (Å²) in [6.45, 7) is 5.74. The summed E-state index contributed by atoms with van der Waals surface area (Å²) in [6, 6.07) is 1.61. The summed E-state index contributed by atoms with van der Waals surface area (Å²) in [5.41, 5.74) is 0. The number of unbranched alkanes of at least 4 members (excludes halogenated alkanes) is 2. The molecular weight excluding hydrogens is 184 g/mol. The molecular formula is C13H28N2. The normalized spacial score (nSPS) is 28.8. The van der Waals surface area contributed by atoms with Gasteiger partial charge in [0.15, 0.2) is 0 Å². The topological polar surface area (TPSA) is 6.48 Å². The lowest BCUT2D eigenvalue weighted by molar-refractivity contribution is 0.268. The van der Waals surface area contributed by atoms with Crippen molar-refractivity contribution >= 4 is 0 Å². The largest absolute Gasteiger partial charge is 0.289 e. The number of likely N-dealkylation sites (N-methyl/N-ethyl adjacent to an activating group) is 2.